The fourth-order valence-corrected chi connectivity index (χ4v) is 3.00. The number of para-hydroxylation sites is 1. The Morgan fingerprint density at radius 3 is 2.36 bits per heavy atom. The van der Waals surface area contributed by atoms with E-state index in [2.05, 4.69) is 16.0 Å². The molecule has 1 amide bonds. The van der Waals surface area contributed by atoms with Crippen molar-refractivity contribution in [3.8, 4) is 5.69 Å². The second-order valence-electron chi connectivity index (χ2n) is 5.93. The van der Waals surface area contributed by atoms with E-state index >= 15 is 0 Å². The third-order valence-corrected chi connectivity index (χ3v) is 4.90. The highest BCUT2D eigenvalue weighted by Crippen LogP contribution is 2.29. The molecule has 0 saturated heterocycles. The molecule has 0 aliphatic heterocycles. The van der Waals surface area contributed by atoms with Crippen molar-refractivity contribution in [2.24, 2.45) is 7.05 Å². The number of alkyl halides is 3. The molecule has 0 bridgehead atoms. The molecule has 0 saturated carbocycles. The molecule has 0 unspecified atom stereocenters. The van der Waals surface area contributed by atoms with Crippen LogP contribution in [0.1, 0.15) is 19.0 Å². The number of amides is 1. The Morgan fingerprint density at radius 2 is 1.82 bits per heavy atom. The molecular weight excluding hydrogens is 445 g/mol. The summed E-state index contributed by atoms with van der Waals surface area (Å²) in [5, 5.41) is 8.13. The van der Waals surface area contributed by atoms with Crippen LogP contribution in [-0.4, -0.2) is 30.3 Å². The Hall–Kier alpha value is -1.74. The summed E-state index contributed by atoms with van der Waals surface area (Å²) in [6.07, 6.45) is -0.871. The third kappa shape index (κ3) is 5.20. The number of rotatable bonds is 5. The Bertz CT molecular complexity index is 921. The number of nitrogens with one attached hydrogen (secondary N) is 3. The molecule has 2 aromatic rings. The molecule has 0 aliphatic carbocycles. The summed E-state index contributed by atoms with van der Waals surface area (Å²) in [5.74, 6) is -0.325. The SMILES string of the molecule is CCC(=O)N[C@@H](NC(=S)Nc1c(C)n(C)n(-c2ccccc2)c1=O)C(Cl)(Cl)Cl. The van der Waals surface area contributed by atoms with Crippen LogP contribution in [0.5, 0.6) is 0 Å². The van der Waals surface area contributed by atoms with Gasteiger partial charge in [0.1, 0.15) is 11.9 Å². The van der Waals surface area contributed by atoms with Crippen LogP contribution in [0.15, 0.2) is 35.1 Å². The topological polar surface area (TPSA) is 80.1 Å². The standard InChI is InChI=1S/C17H20Cl3N5O2S/c1-4-12(26)21-15(17(18,19)20)23-16(28)22-13-10(2)24(3)25(14(13)27)11-8-6-5-7-9-11/h5-9,15H,4H2,1-3H3,(H,21,26)(H2,22,23,28)/t15-/m0/s1. The van der Waals surface area contributed by atoms with Gasteiger partial charge in [-0.25, -0.2) is 4.68 Å². The minimum Gasteiger partial charge on any atom is -0.339 e. The number of carbonyl (C=O) groups excluding carboxylic acids is 1. The van der Waals surface area contributed by atoms with Gasteiger partial charge >= 0.3 is 0 Å². The second-order valence-corrected chi connectivity index (χ2v) is 8.71. The highest BCUT2D eigenvalue weighted by Gasteiger charge is 2.34. The van der Waals surface area contributed by atoms with E-state index in [-0.39, 0.29) is 28.7 Å². The van der Waals surface area contributed by atoms with Crippen LogP contribution in [0.4, 0.5) is 5.69 Å². The lowest BCUT2D eigenvalue weighted by atomic mass is 10.3. The fourth-order valence-electron chi connectivity index (χ4n) is 2.46. The van der Waals surface area contributed by atoms with E-state index in [1.54, 1.807) is 25.6 Å². The number of anilines is 1. The quantitative estimate of drug-likeness (QED) is 0.360. The van der Waals surface area contributed by atoms with Crippen LogP contribution in [0.25, 0.3) is 5.69 Å². The van der Waals surface area contributed by atoms with Crippen molar-refractivity contribution >= 4 is 63.7 Å². The van der Waals surface area contributed by atoms with Gasteiger partial charge in [0.15, 0.2) is 5.11 Å². The molecule has 1 aromatic carbocycles. The van der Waals surface area contributed by atoms with E-state index in [9.17, 15) is 9.59 Å². The number of benzene rings is 1. The van der Waals surface area contributed by atoms with Crippen LogP contribution in [0, 0.1) is 6.92 Å². The second kappa shape index (κ2) is 9.17. The van der Waals surface area contributed by atoms with Crippen LogP contribution < -0.4 is 21.5 Å². The summed E-state index contributed by atoms with van der Waals surface area (Å²) in [4.78, 5) is 24.6. The third-order valence-electron chi connectivity index (χ3n) is 4.02. The lowest BCUT2D eigenvalue weighted by molar-refractivity contribution is -0.121. The van der Waals surface area contributed by atoms with Gasteiger partial charge in [-0.15, -0.1) is 0 Å². The molecule has 28 heavy (non-hydrogen) atoms. The van der Waals surface area contributed by atoms with Crippen molar-refractivity contribution < 1.29 is 4.79 Å². The van der Waals surface area contributed by atoms with Crippen molar-refractivity contribution in [3.63, 3.8) is 0 Å². The minimum atomic E-state index is -1.85. The largest absolute Gasteiger partial charge is 0.339 e. The maximum absolute atomic E-state index is 12.9. The Kier molecular flexibility index (Phi) is 7.39. The molecule has 0 radical (unpaired) electrons. The van der Waals surface area contributed by atoms with Gasteiger partial charge in [-0.2, -0.15) is 0 Å². The Labute approximate surface area is 182 Å². The summed E-state index contributed by atoms with van der Waals surface area (Å²) in [7, 11) is 1.76. The zero-order valence-electron chi connectivity index (χ0n) is 15.4. The van der Waals surface area contributed by atoms with E-state index in [1.165, 1.54) is 4.68 Å². The first-order chi connectivity index (χ1) is 13.1. The van der Waals surface area contributed by atoms with Gasteiger partial charge in [-0.1, -0.05) is 59.9 Å². The highest BCUT2D eigenvalue weighted by molar-refractivity contribution is 7.80. The molecule has 2 rings (SSSR count). The summed E-state index contributed by atoms with van der Waals surface area (Å²) in [5.41, 5.74) is 1.34. The van der Waals surface area contributed by atoms with Gasteiger partial charge in [-0.3, -0.25) is 14.3 Å². The maximum Gasteiger partial charge on any atom is 0.295 e. The molecule has 0 spiro atoms. The molecule has 11 heteroatoms. The normalized spacial score (nSPS) is 12.4. The van der Waals surface area contributed by atoms with Crippen LogP contribution in [0.2, 0.25) is 0 Å². The van der Waals surface area contributed by atoms with Crippen molar-refractivity contribution in [1.82, 2.24) is 20.0 Å². The van der Waals surface area contributed by atoms with Crippen molar-refractivity contribution in [2.45, 2.75) is 30.2 Å². The van der Waals surface area contributed by atoms with Gasteiger partial charge in [0.2, 0.25) is 9.70 Å². The highest BCUT2D eigenvalue weighted by atomic mass is 35.6. The van der Waals surface area contributed by atoms with E-state index in [0.717, 1.165) is 0 Å². The van der Waals surface area contributed by atoms with Crippen molar-refractivity contribution in [3.05, 3.63) is 46.4 Å². The number of nitrogens with zero attached hydrogens (tertiary/aromatic N) is 2. The fraction of sp³-hybridized carbons (Fsp3) is 0.353. The summed E-state index contributed by atoms with van der Waals surface area (Å²) < 4.78 is 1.35. The summed E-state index contributed by atoms with van der Waals surface area (Å²) in [6.45, 7) is 3.44. The van der Waals surface area contributed by atoms with E-state index in [0.29, 0.717) is 11.4 Å². The van der Waals surface area contributed by atoms with Crippen LogP contribution >= 0.6 is 47.0 Å². The monoisotopic (exact) mass is 463 g/mol. The molecule has 152 valence electrons. The predicted molar refractivity (Wildman–Crippen MR) is 118 cm³/mol. The van der Waals surface area contributed by atoms with Gasteiger partial charge < -0.3 is 16.0 Å². The van der Waals surface area contributed by atoms with E-state index in [1.807, 2.05) is 30.3 Å². The lowest BCUT2D eigenvalue weighted by Gasteiger charge is -2.27. The van der Waals surface area contributed by atoms with Crippen molar-refractivity contribution in [1.29, 1.82) is 0 Å². The first kappa shape index (κ1) is 22.5. The molecule has 7 nitrogen and oxygen atoms in total. The molecule has 1 aromatic heterocycles. The van der Waals surface area contributed by atoms with Gasteiger partial charge in [0.05, 0.1) is 11.4 Å². The molecule has 0 aliphatic rings. The summed E-state index contributed by atoms with van der Waals surface area (Å²) in [6, 6.07) is 9.18. The van der Waals surface area contributed by atoms with E-state index < -0.39 is 9.96 Å². The smallest absolute Gasteiger partial charge is 0.295 e. The molecule has 1 heterocycles. The van der Waals surface area contributed by atoms with Gasteiger partial charge in [0, 0.05) is 13.5 Å². The number of hydrogen-bond donors (Lipinski definition) is 3. The average molecular weight is 465 g/mol. The number of halogens is 3. The molecule has 1 atom stereocenters. The zero-order valence-corrected chi connectivity index (χ0v) is 18.5. The van der Waals surface area contributed by atoms with Crippen molar-refractivity contribution in [2.75, 3.05) is 5.32 Å². The molecular formula is C17H20Cl3N5O2S. The Morgan fingerprint density at radius 1 is 1.21 bits per heavy atom. The lowest BCUT2D eigenvalue weighted by Crippen LogP contribution is -2.56. The first-order valence-corrected chi connectivity index (χ1v) is 9.88. The maximum atomic E-state index is 12.9. The Balaban J connectivity index is 2.27. The number of hydrogen-bond acceptors (Lipinski definition) is 3. The number of thiocarbonyl (C=S) groups is 1. The van der Waals surface area contributed by atoms with Gasteiger partial charge in [-0.05, 0) is 31.3 Å². The zero-order chi connectivity index (χ0) is 21.1. The van der Waals surface area contributed by atoms with Crippen LogP contribution in [-0.2, 0) is 11.8 Å². The predicted octanol–water partition coefficient (Wildman–Crippen LogP) is 2.99. The molecule has 3 N–H and O–H groups in total. The average Bonchev–Trinajstić information content (AvgIpc) is 2.84. The first-order valence-electron chi connectivity index (χ1n) is 8.33. The van der Waals surface area contributed by atoms with Gasteiger partial charge in [0.25, 0.3) is 5.56 Å². The summed E-state index contributed by atoms with van der Waals surface area (Å²) >= 11 is 23.0. The van der Waals surface area contributed by atoms with E-state index in [4.69, 9.17) is 47.0 Å². The minimum absolute atomic E-state index is 0.0266. The molecule has 0 fully saturated rings. The number of carbonyl (C=O) groups is 1. The van der Waals surface area contributed by atoms with Crippen LogP contribution in [0.3, 0.4) is 0 Å². The number of aromatic nitrogens is 2.